The minimum atomic E-state index is 0.116. The number of anilines is 2. The molecule has 0 aliphatic carbocycles. The molecule has 0 unspecified atom stereocenters. The molecule has 17 heavy (non-hydrogen) atoms. The lowest BCUT2D eigenvalue weighted by molar-refractivity contribution is 0.322. The van der Waals surface area contributed by atoms with E-state index in [1.165, 1.54) is 11.8 Å². The van der Waals surface area contributed by atoms with Crippen molar-refractivity contribution >= 4 is 23.7 Å². The highest BCUT2D eigenvalue weighted by atomic mass is 32.2. The van der Waals surface area contributed by atoms with Gasteiger partial charge in [-0.1, -0.05) is 18.7 Å². The van der Waals surface area contributed by atoms with Gasteiger partial charge in [0.15, 0.2) is 5.16 Å². The summed E-state index contributed by atoms with van der Waals surface area (Å²) in [6, 6.07) is 0. The normalized spacial score (nSPS) is 10.4. The van der Waals surface area contributed by atoms with Crippen molar-refractivity contribution in [2.24, 2.45) is 0 Å². The molecule has 0 radical (unpaired) electrons. The molecule has 0 fully saturated rings. The monoisotopic (exact) mass is 257 g/mol. The van der Waals surface area contributed by atoms with Crippen molar-refractivity contribution in [1.82, 2.24) is 15.0 Å². The molecule has 2 N–H and O–H groups in total. The summed E-state index contributed by atoms with van der Waals surface area (Å²) in [5, 5.41) is 12.6. The summed E-state index contributed by atoms with van der Waals surface area (Å²) in [6.45, 7) is 3.04. The number of thioether (sulfide) groups is 1. The molecule has 1 heterocycles. The van der Waals surface area contributed by atoms with Gasteiger partial charge in [-0.05, 0) is 6.42 Å². The smallest absolute Gasteiger partial charge is 0.230 e. The van der Waals surface area contributed by atoms with Gasteiger partial charge < -0.3 is 15.3 Å². The molecule has 0 atom stereocenters. The van der Waals surface area contributed by atoms with Crippen LogP contribution in [0.25, 0.3) is 0 Å². The Balaban J connectivity index is 2.84. The van der Waals surface area contributed by atoms with Gasteiger partial charge in [0.05, 0.1) is 6.61 Å². The highest BCUT2D eigenvalue weighted by molar-refractivity contribution is 7.99. The molecular weight excluding hydrogens is 238 g/mol. The maximum Gasteiger partial charge on any atom is 0.230 e. The van der Waals surface area contributed by atoms with Crippen LogP contribution in [0.1, 0.15) is 13.3 Å². The molecule has 0 amide bonds. The SMILES string of the molecule is CCCNc1nc(SCCO)nc(N(C)C)n1. The fraction of sp³-hybridized carbons (Fsp3) is 0.700. The van der Waals surface area contributed by atoms with E-state index >= 15 is 0 Å². The van der Waals surface area contributed by atoms with Crippen LogP contribution in [0.4, 0.5) is 11.9 Å². The predicted octanol–water partition coefficient (Wildman–Crippen LogP) is 0.844. The molecule has 6 nitrogen and oxygen atoms in total. The molecule has 0 aliphatic heterocycles. The molecule has 1 rings (SSSR count). The van der Waals surface area contributed by atoms with Crippen LogP contribution in [0, 0.1) is 0 Å². The van der Waals surface area contributed by atoms with Crippen LogP contribution < -0.4 is 10.2 Å². The molecule has 96 valence electrons. The number of hydrogen-bond donors (Lipinski definition) is 2. The summed E-state index contributed by atoms with van der Waals surface area (Å²) in [5.74, 6) is 1.80. The van der Waals surface area contributed by atoms with E-state index in [0.717, 1.165) is 13.0 Å². The van der Waals surface area contributed by atoms with Crippen molar-refractivity contribution in [2.45, 2.75) is 18.5 Å². The summed E-state index contributed by atoms with van der Waals surface area (Å²) in [6.07, 6.45) is 1.02. The Morgan fingerprint density at radius 2 is 2.06 bits per heavy atom. The molecule has 0 spiro atoms. The van der Waals surface area contributed by atoms with Crippen LogP contribution in [0.3, 0.4) is 0 Å². The van der Waals surface area contributed by atoms with Gasteiger partial charge in [0, 0.05) is 26.4 Å². The van der Waals surface area contributed by atoms with Crippen LogP contribution in [0.15, 0.2) is 5.16 Å². The van der Waals surface area contributed by atoms with E-state index < -0.39 is 0 Å². The highest BCUT2D eigenvalue weighted by Crippen LogP contribution is 2.17. The Bertz CT molecular complexity index is 321. The van der Waals surface area contributed by atoms with Gasteiger partial charge >= 0.3 is 0 Å². The average molecular weight is 257 g/mol. The Hall–Kier alpha value is -1.08. The lowest BCUT2D eigenvalue weighted by atomic mass is 10.5. The molecule has 0 saturated carbocycles. The first-order valence-electron chi connectivity index (χ1n) is 5.58. The molecule has 0 aromatic carbocycles. The Labute approximate surface area is 106 Å². The average Bonchev–Trinajstić information content (AvgIpc) is 2.33. The number of nitrogens with one attached hydrogen (secondary N) is 1. The quantitative estimate of drug-likeness (QED) is 0.701. The Kier molecular flexibility index (Phi) is 5.99. The zero-order chi connectivity index (χ0) is 12.7. The molecule has 0 saturated heterocycles. The second-order valence-corrected chi connectivity index (χ2v) is 4.70. The Morgan fingerprint density at radius 3 is 2.65 bits per heavy atom. The van der Waals surface area contributed by atoms with E-state index in [0.29, 0.717) is 22.8 Å². The van der Waals surface area contributed by atoms with Crippen molar-refractivity contribution in [2.75, 3.05) is 43.2 Å². The maximum atomic E-state index is 8.80. The van der Waals surface area contributed by atoms with Crippen LogP contribution in [0.5, 0.6) is 0 Å². The number of rotatable bonds is 7. The summed E-state index contributed by atoms with van der Waals surface area (Å²) in [7, 11) is 3.78. The lowest BCUT2D eigenvalue weighted by Crippen LogP contribution is -2.16. The largest absolute Gasteiger partial charge is 0.396 e. The molecular formula is C10H19N5OS. The van der Waals surface area contributed by atoms with Gasteiger partial charge in [0.25, 0.3) is 0 Å². The van der Waals surface area contributed by atoms with Crippen molar-refractivity contribution in [3.8, 4) is 0 Å². The first-order valence-corrected chi connectivity index (χ1v) is 6.56. The van der Waals surface area contributed by atoms with Gasteiger partial charge in [-0.25, -0.2) is 0 Å². The summed E-state index contributed by atoms with van der Waals surface area (Å²) >= 11 is 1.42. The van der Waals surface area contributed by atoms with Gasteiger partial charge in [-0.15, -0.1) is 0 Å². The minimum absolute atomic E-state index is 0.116. The van der Waals surface area contributed by atoms with Crippen molar-refractivity contribution in [3.05, 3.63) is 0 Å². The number of aliphatic hydroxyl groups is 1. The fourth-order valence-corrected chi connectivity index (χ4v) is 1.63. The predicted molar refractivity (Wildman–Crippen MR) is 70.7 cm³/mol. The van der Waals surface area contributed by atoms with Crippen molar-refractivity contribution in [3.63, 3.8) is 0 Å². The van der Waals surface area contributed by atoms with Crippen LogP contribution in [-0.4, -0.2) is 53.1 Å². The first kappa shape index (κ1) is 14.0. The summed E-state index contributed by atoms with van der Waals surface area (Å²) in [5.41, 5.74) is 0. The topological polar surface area (TPSA) is 74.2 Å². The zero-order valence-electron chi connectivity index (χ0n) is 10.5. The number of aromatic nitrogens is 3. The lowest BCUT2D eigenvalue weighted by Gasteiger charge is -2.12. The van der Waals surface area contributed by atoms with Gasteiger partial charge in [0.1, 0.15) is 0 Å². The van der Waals surface area contributed by atoms with E-state index in [1.807, 2.05) is 19.0 Å². The molecule has 1 aromatic heterocycles. The third-order valence-electron chi connectivity index (χ3n) is 1.86. The second kappa shape index (κ2) is 7.29. The zero-order valence-corrected chi connectivity index (χ0v) is 11.3. The maximum absolute atomic E-state index is 8.80. The summed E-state index contributed by atoms with van der Waals surface area (Å²) in [4.78, 5) is 14.7. The third kappa shape index (κ3) is 4.74. The number of nitrogens with zero attached hydrogens (tertiary/aromatic N) is 4. The minimum Gasteiger partial charge on any atom is -0.396 e. The van der Waals surface area contributed by atoms with Gasteiger partial charge in [-0.3, -0.25) is 0 Å². The molecule has 0 aliphatic rings. The van der Waals surface area contributed by atoms with Crippen LogP contribution in [0.2, 0.25) is 0 Å². The standard InChI is InChI=1S/C10H19N5OS/c1-4-5-11-8-12-9(15(2)3)14-10(13-8)17-7-6-16/h16H,4-7H2,1-3H3,(H,11,12,13,14). The third-order valence-corrected chi connectivity index (χ3v) is 2.69. The number of aliphatic hydroxyl groups excluding tert-OH is 1. The van der Waals surface area contributed by atoms with Gasteiger partial charge in [-0.2, -0.15) is 15.0 Å². The van der Waals surface area contributed by atoms with Crippen molar-refractivity contribution < 1.29 is 5.11 Å². The van der Waals surface area contributed by atoms with E-state index in [9.17, 15) is 0 Å². The molecule has 0 bridgehead atoms. The van der Waals surface area contributed by atoms with Gasteiger partial charge in [0.2, 0.25) is 11.9 Å². The van der Waals surface area contributed by atoms with E-state index in [2.05, 4.69) is 27.2 Å². The van der Waals surface area contributed by atoms with E-state index in [4.69, 9.17) is 5.11 Å². The second-order valence-electron chi connectivity index (χ2n) is 3.63. The fourth-order valence-electron chi connectivity index (χ4n) is 1.06. The Morgan fingerprint density at radius 1 is 1.29 bits per heavy atom. The molecule has 1 aromatic rings. The molecule has 7 heteroatoms. The van der Waals surface area contributed by atoms with E-state index in [-0.39, 0.29) is 6.61 Å². The number of hydrogen-bond acceptors (Lipinski definition) is 7. The highest BCUT2D eigenvalue weighted by Gasteiger charge is 2.07. The van der Waals surface area contributed by atoms with Crippen LogP contribution >= 0.6 is 11.8 Å². The van der Waals surface area contributed by atoms with Crippen molar-refractivity contribution in [1.29, 1.82) is 0 Å². The van der Waals surface area contributed by atoms with Crippen LogP contribution in [-0.2, 0) is 0 Å². The summed E-state index contributed by atoms with van der Waals surface area (Å²) < 4.78 is 0. The van der Waals surface area contributed by atoms with E-state index in [1.54, 1.807) is 0 Å². The first-order chi connectivity index (χ1) is 8.17.